The third-order valence-electron chi connectivity index (χ3n) is 10.4. The summed E-state index contributed by atoms with van der Waals surface area (Å²) >= 11 is 11.0. The highest BCUT2D eigenvalue weighted by atomic mass is 35.5. The topological polar surface area (TPSA) is 161 Å². The molecule has 1 saturated heterocycles. The minimum absolute atomic E-state index is 0.0844. The van der Waals surface area contributed by atoms with Crippen LogP contribution in [-0.2, 0) is 23.9 Å². The molecule has 0 saturated carbocycles. The molecular formula is C49H82Cl2N4O8. The molecule has 1 aliphatic heterocycles. The lowest BCUT2D eigenvalue weighted by Gasteiger charge is -2.19. The molecule has 1 aliphatic rings. The molecule has 1 fully saturated rings. The van der Waals surface area contributed by atoms with E-state index >= 15 is 0 Å². The van der Waals surface area contributed by atoms with Gasteiger partial charge in [0.15, 0.2) is 0 Å². The number of ether oxygens (including phenoxy) is 3. The first-order chi connectivity index (χ1) is 29.8. The third kappa shape index (κ3) is 25.1. The molecule has 1 amide bonds. The number of rotatable bonds is 22. The van der Waals surface area contributed by atoms with Crippen molar-refractivity contribution < 1.29 is 38.5 Å². The Kier molecular flexibility index (Phi) is 32.4. The number of nitrogens with one attached hydrogen (secondary N) is 1. The molecule has 3 rings (SSSR count). The summed E-state index contributed by atoms with van der Waals surface area (Å²) in [5.74, 6) is 0.272. The Labute approximate surface area is 390 Å². The summed E-state index contributed by atoms with van der Waals surface area (Å²) in [6.45, 7) is 33.2. The summed E-state index contributed by atoms with van der Waals surface area (Å²) in [4.78, 5) is 50.8. The van der Waals surface area contributed by atoms with Crippen LogP contribution >= 0.6 is 23.2 Å². The number of nitrogens with two attached hydrogens (primary N) is 1. The second-order valence-electron chi connectivity index (χ2n) is 16.6. The van der Waals surface area contributed by atoms with Crippen LogP contribution in [0.25, 0.3) is 0 Å². The monoisotopic (exact) mass is 925 g/mol. The maximum atomic E-state index is 12.3. The maximum Gasteiger partial charge on any atom is 0.311 e. The molecule has 2 aromatic rings. The number of carboxylic acids is 1. The summed E-state index contributed by atoms with van der Waals surface area (Å²) in [6, 6.07) is 11.8. The predicted octanol–water partition coefficient (Wildman–Crippen LogP) is 10.0. The molecule has 1 unspecified atom stereocenters. The van der Waals surface area contributed by atoms with Gasteiger partial charge >= 0.3 is 17.9 Å². The molecule has 0 aliphatic carbocycles. The molecule has 360 valence electrons. The number of halogens is 2. The summed E-state index contributed by atoms with van der Waals surface area (Å²) in [6.07, 6.45) is 2.12. The zero-order valence-corrected chi connectivity index (χ0v) is 42.1. The SMILES string of the molecule is CC(C)c1cccc(C(C)C)c1OC(=O)CCC(=O)O.CCN(CC)CCN.CCN(CC)CCNC(=O)CCC(=O)Oc1c(C(C)C)cccc1C(C)C.ClC(Cl)C1CCCO1. The molecule has 0 aromatic heterocycles. The lowest BCUT2D eigenvalue weighted by atomic mass is 9.94. The van der Waals surface area contributed by atoms with Crippen LogP contribution in [0.15, 0.2) is 36.4 Å². The van der Waals surface area contributed by atoms with Gasteiger partial charge in [-0.05, 0) is 84.9 Å². The summed E-state index contributed by atoms with van der Waals surface area (Å²) in [5.41, 5.74) is 9.34. The normalized spacial score (nSPS) is 13.4. The molecular weight excluding hydrogens is 843 g/mol. The van der Waals surface area contributed by atoms with E-state index in [1.165, 1.54) is 0 Å². The van der Waals surface area contributed by atoms with Crippen molar-refractivity contribution in [1.82, 2.24) is 15.1 Å². The zero-order chi connectivity index (χ0) is 48.1. The van der Waals surface area contributed by atoms with E-state index < -0.39 is 11.9 Å². The lowest BCUT2D eigenvalue weighted by Crippen LogP contribution is -2.35. The molecule has 0 bridgehead atoms. The van der Waals surface area contributed by atoms with Crippen LogP contribution < -0.4 is 20.5 Å². The van der Waals surface area contributed by atoms with Crippen molar-refractivity contribution in [3.05, 3.63) is 58.7 Å². The second-order valence-corrected chi connectivity index (χ2v) is 17.7. The minimum Gasteiger partial charge on any atom is -0.481 e. The first-order valence-electron chi connectivity index (χ1n) is 23.0. The average Bonchev–Trinajstić information content (AvgIpc) is 3.79. The zero-order valence-electron chi connectivity index (χ0n) is 40.6. The molecule has 1 atom stereocenters. The Morgan fingerprint density at radius 2 is 1.10 bits per heavy atom. The van der Waals surface area contributed by atoms with Crippen molar-refractivity contribution in [2.75, 3.05) is 59.0 Å². The van der Waals surface area contributed by atoms with Gasteiger partial charge in [-0.1, -0.05) is 119 Å². The van der Waals surface area contributed by atoms with Gasteiger partial charge in [0.1, 0.15) is 16.3 Å². The molecule has 14 heteroatoms. The highest BCUT2D eigenvalue weighted by molar-refractivity contribution is 6.44. The highest BCUT2D eigenvalue weighted by Crippen LogP contribution is 2.36. The van der Waals surface area contributed by atoms with Gasteiger partial charge in [0.05, 0.1) is 25.4 Å². The van der Waals surface area contributed by atoms with E-state index in [0.29, 0.717) is 18.0 Å². The van der Waals surface area contributed by atoms with Gasteiger partial charge in [-0.2, -0.15) is 0 Å². The first-order valence-corrected chi connectivity index (χ1v) is 23.8. The van der Waals surface area contributed by atoms with Crippen molar-refractivity contribution in [2.24, 2.45) is 5.73 Å². The number of esters is 2. The Morgan fingerprint density at radius 3 is 1.38 bits per heavy atom. The van der Waals surface area contributed by atoms with Crippen molar-refractivity contribution in [2.45, 2.75) is 156 Å². The number of amides is 1. The standard InChI is InChI=1S/C22H36N2O3.C16H22O4.C6H16N2.C5H8Cl2O/c1-7-24(8-2)15-14-23-20(25)12-13-21(26)27-22-18(16(3)4)10-9-11-19(22)17(5)6;1-10(2)12-6-5-7-13(11(3)4)16(12)20-15(19)9-8-14(17)18;1-3-8(4-2)6-5-7;6-5(7)4-2-1-3-8-4/h9-11,16-17H,7-8,12-15H2,1-6H3,(H,23,25);5-7,10-11H,8-9H2,1-4H3,(H,17,18);3-7H2,1-2H3;4-5H,1-3H2. The number of carbonyl (C=O) groups is 4. The van der Waals surface area contributed by atoms with E-state index in [9.17, 15) is 19.2 Å². The quantitative estimate of drug-likeness (QED) is 0.0586. The van der Waals surface area contributed by atoms with Crippen LogP contribution in [-0.4, -0.2) is 109 Å². The smallest absolute Gasteiger partial charge is 0.311 e. The Bertz CT molecular complexity index is 1540. The molecule has 2 aromatic carbocycles. The number of likely N-dealkylation sites (N-methyl/N-ethyl adjacent to an activating group) is 2. The van der Waals surface area contributed by atoms with E-state index in [-0.39, 0.29) is 72.2 Å². The van der Waals surface area contributed by atoms with Gasteiger partial charge in [0.25, 0.3) is 0 Å². The van der Waals surface area contributed by atoms with Gasteiger partial charge in [-0.15, -0.1) is 23.2 Å². The number of carboxylic acid groups (broad SMARTS) is 1. The maximum absolute atomic E-state index is 12.3. The third-order valence-corrected chi connectivity index (χ3v) is 11.0. The van der Waals surface area contributed by atoms with Gasteiger partial charge in [-0.3, -0.25) is 19.2 Å². The molecule has 12 nitrogen and oxygen atoms in total. The fraction of sp³-hybridized carbons (Fsp3) is 0.673. The summed E-state index contributed by atoms with van der Waals surface area (Å²) in [5, 5.41) is 11.5. The summed E-state index contributed by atoms with van der Waals surface area (Å²) in [7, 11) is 0. The van der Waals surface area contributed by atoms with Crippen LogP contribution in [0.1, 0.15) is 168 Å². The van der Waals surface area contributed by atoms with Gasteiger partial charge in [0.2, 0.25) is 5.91 Å². The first kappa shape index (κ1) is 59.7. The number of alkyl halides is 2. The van der Waals surface area contributed by atoms with Crippen LogP contribution in [0.5, 0.6) is 11.5 Å². The van der Waals surface area contributed by atoms with Gasteiger partial charge in [-0.25, -0.2) is 0 Å². The number of nitrogens with zero attached hydrogens (tertiary/aromatic N) is 2. The Balaban J connectivity index is 0.000000922. The van der Waals surface area contributed by atoms with Crippen molar-refractivity contribution >= 4 is 47.0 Å². The highest BCUT2D eigenvalue weighted by Gasteiger charge is 2.22. The molecule has 4 N–H and O–H groups in total. The van der Waals surface area contributed by atoms with Crippen LogP contribution in [0.2, 0.25) is 0 Å². The largest absolute Gasteiger partial charge is 0.481 e. The van der Waals surface area contributed by atoms with Crippen molar-refractivity contribution in [1.29, 1.82) is 0 Å². The van der Waals surface area contributed by atoms with E-state index in [4.69, 9.17) is 48.3 Å². The van der Waals surface area contributed by atoms with Crippen molar-refractivity contribution in [3.63, 3.8) is 0 Å². The molecule has 0 radical (unpaired) electrons. The number of aliphatic carboxylic acids is 1. The predicted molar refractivity (Wildman–Crippen MR) is 259 cm³/mol. The fourth-order valence-electron chi connectivity index (χ4n) is 6.46. The fourth-order valence-corrected chi connectivity index (χ4v) is 6.86. The lowest BCUT2D eigenvalue weighted by molar-refractivity contribution is -0.142. The second kappa shape index (κ2) is 34.1. The van der Waals surface area contributed by atoms with Crippen LogP contribution in [0.3, 0.4) is 0 Å². The van der Waals surface area contributed by atoms with Gasteiger partial charge in [0, 0.05) is 39.2 Å². The number of benzene rings is 2. The Hall–Kier alpha value is -3.26. The number of hydrogen-bond donors (Lipinski definition) is 3. The molecule has 0 spiro atoms. The van der Waals surface area contributed by atoms with E-state index in [2.05, 4.69) is 70.5 Å². The van der Waals surface area contributed by atoms with Gasteiger partial charge < -0.3 is 40.2 Å². The van der Waals surface area contributed by atoms with E-state index in [0.717, 1.165) is 87.5 Å². The molecule has 63 heavy (non-hydrogen) atoms. The van der Waals surface area contributed by atoms with Crippen molar-refractivity contribution in [3.8, 4) is 11.5 Å². The van der Waals surface area contributed by atoms with Crippen LogP contribution in [0.4, 0.5) is 0 Å². The number of hydrogen-bond acceptors (Lipinski definition) is 10. The minimum atomic E-state index is -0.997. The average molecular weight is 926 g/mol. The number of para-hydroxylation sites is 2. The summed E-state index contributed by atoms with van der Waals surface area (Å²) < 4.78 is 16.3. The Morgan fingerprint density at radius 1 is 0.698 bits per heavy atom. The van der Waals surface area contributed by atoms with Crippen LogP contribution in [0, 0.1) is 0 Å². The van der Waals surface area contributed by atoms with E-state index in [1.54, 1.807) is 0 Å². The molecule has 1 heterocycles. The number of carbonyl (C=O) groups excluding carboxylic acids is 3. The van der Waals surface area contributed by atoms with E-state index in [1.807, 2.05) is 64.1 Å².